The van der Waals surface area contributed by atoms with Gasteiger partial charge < -0.3 is 14.6 Å². The molecule has 1 saturated heterocycles. The van der Waals surface area contributed by atoms with Crippen LogP contribution in [0.5, 0.6) is 5.75 Å². The molecule has 1 aliphatic heterocycles. The topological polar surface area (TPSA) is 84.9 Å². The van der Waals surface area contributed by atoms with Crippen LogP contribution in [0.4, 0.5) is 0 Å². The van der Waals surface area contributed by atoms with Gasteiger partial charge in [-0.05, 0) is 55.4 Å². The number of ether oxygens (including phenoxy) is 2. The second kappa shape index (κ2) is 6.76. The van der Waals surface area contributed by atoms with Crippen LogP contribution in [0.1, 0.15) is 30.4 Å². The van der Waals surface area contributed by atoms with E-state index < -0.39 is 22.2 Å². The van der Waals surface area contributed by atoms with Crippen molar-refractivity contribution < 1.29 is 23.0 Å². The fourth-order valence-corrected chi connectivity index (χ4v) is 4.97. The third-order valence-corrected chi connectivity index (χ3v) is 6.17. The average molecular weight is 341 g/mol. The second-order valence-corrected chi connectivity index (χ2v) is 7.77. The van der Waals surface area contributed by atoms with E-state index in [2.05, 4.69) is 4.72 Å². The third-order valence-electron chi connectivity index (χ3n) is 4.59. The minimum absolute atomic E-state index is 0.161. The average Bonchev–Trinajstić information content (AvgIpc) is 2.55. The lowest BCUT2D eigenvalue weighted by atomic mass is 9.91. The van der Waals surface area contributed by atoms with Gasteiger partial charge in [-0.3, -0.25) is 0 Å². The summed E-state index contributed by atoms with van der Waals surface area (Å²) in [4.78, 5) is 0.312. The highest BCUT2D eigenvalue weighted by atomic mass is 32.2. The Morgan fingerprint density at radius 2 is 2.00 bits per heavy atom. The van der Waals surface area contributed by atoms with Crippen molar-refractivity contribution in [1.82, 2.24) is 4.72 Å². The minimum Gasteiger partial charge on any atom is -0.496 e. The summed E-state index contributed by atoms with van der Waals surface area (Å²) in [5, 5.41) is 9.93. The summed E-state index contributed by atoms with van der Waals surface area (Å²) in [6.45, 7) is 0.610. The van der Waals surface area contributed by atoms with Crippen LogP contribution in [0.15, 0.2) is 17.0 Å². The molecule has 1 aromatic carbocycles. The Labute approximate surface area is 136 Å². The monoisotopic (exact) mass is 341 g/mol. The predicted molar refractivity (Wildman–Crippen MR) is 85.2 cm³/mol. The Kier molecular flexibility index (Phi) is 4.91. The molecular formula is C16H23NO5S. The van der Waals surface area contributed by atoms with Crippen molar-refractivity contribution in [3.8, 4) is 5.75 Å². The Hall–Kier alpha value is -1.15. The van der Waals surface area contributed by atoms with E-state index >= 15 is 0 Å². The molecule has 0 amide bonds. The van der Waals surface area contributed by atoms with E-state index in [1.807, 2.05) is 0 Å². The van der Waals surface area contributed by atoms with Crippen molar-refractivity contribution in [3.63, 3.8) is 0 Å². The number of methoxy groups -OCH3 is 1. The van der Waals surface area contributed by atoms with E-state index in [0.29, 0.717) is 17.9 Å². The van der Waals surface area contributed by atoms with E-state index in [1.165, 1.54) is 0 Å². The van der Waals surface area contributed by atoms with Crippen molar-refractivity contribution in [2.45, 2.75) is 49.1 Å². The van der Waals surface area contributed by atoms with Crippen molar-refractivity contribution in [2.24, 2.45) is 0 Å². The first-order valence-electron chi connectivity index (χ1n) is 8.00. The Bertz CT molecular complexity index is 673. The van der Waals surface area contributed by atoms with Crippen LogP contribution in [0.2, 0.25) is 0 Å². The normalized spacial score (nSPS) is 25.0. The molecule has 1 aliphatic carbocycles. The van der Waals surface area contributed by atoms with Crippen LogP contribution in [0.3, 0.4) is 0 Å². The summed E-state index contributed by atoms with van der Waals surface area (Å²) >= 11 is 0. The summed E-state index contributed by atoms with van der Waals surface area (Å²) in [7, 11) is -2.07. The Morgan fingerprint density at radius 3 is 2.70 bits per heavy atom. The van der Waals surface area contributed by atoms with Crippen molar-refractivity contribution in [2.75, 3.05) is 20.3 Å². The van der Waals surface area contributed by atoms with Crippen LogP contribution in [-0.2, 0) is 27.6 Å². The molecule has 2 N–H and O–H groups in total. The van der Waals surface area contributed by atoms with Gasteiger partial charge in [-0.2, -0.15) is 0 Å². The fraction of sp³-hybridized carbons (Fsp3) is 0.625. The van der Waals surface area contributed by atoms with Gasteiger partial charge in [0.15, 0.2) is 0 Å². The molecule has 0 unspecified atom stereocenters. The number of benzene rings is 1. The summed E-state index contributed by atoms with van der Waals surface area (Å²) in [6.07, 6.45) is 3.24. The lowest BCUT2D eigenvalue weighted by Gasteiger charge is -2.29. The van der Waals surface area contributed by atoms with Crippen LogP contribution >= 0.6 is 0 Å². The molecule has 3 rings (SSSR count). The number of aliphatic hydroxyl groups excluding tert-OH is 1. The van der Waals surface area contributed by atoms with E-state index in [4.69, 9.17) is 9.47 Å². The van der Waals surface area contributed by atoms with Crippen LogP contribution < -0.4 is 9.46 Å². The molecule has 0 spiro atoms. The number of hydrogen-bond acceptors (Lipinski definition) is 5. The summed E-state index contributed by atoms with van der Waals surface area (Å²) < 4.78 is 38.8. The van der Waals surface area contributed by atoms with Crippen molar-refractivity contribution >= 4 is 10.0 Å². The first-order chi connectivity index (χ1) is 11.0. The maximum absolute atomic E-state index is 12.8. The molecule has 0 bridgehead atoms. The van der Waals surface area contributed by atoms with E-state index in [0.717, 1.165) is 42.6 Å². The quantitative estimate of drug-likeness (QED) is 0.853. The number of aliphatic hydroxyl groups is 1. The zero-order valence-corrected chi connectivity index (χ0v) is 14.1. The highest BCUT2D eigenvalue weighted by Crippen LogP contribution is 2.34. The summed E-state index contributed by atoms with van der Waals surface area (Å²) in [5.41, 5.74) is 1.85. The van der Waals surface area contributed by atoms with Gasteiger partial charge >= 0.3 is 0 Å². The molecule has 1 fully saturated rings. The van der Waals surface area contributed by atoms with Gasteiger partial charge in [0.05, 0.1) is 30.8 Å². The Balaban J connectivity index is 1.93. The minimum atomic E-state index is -3.68. The molecule has 1 heterocycles. The molecule has 2 atom stereocenters. The number of rotatable bonds is 4. The maximum Gasteiger partial charge on any atom is 0.241 e. The zero-order chi connectivity index (χ0) is 16.4. The smallest absolute Gasteiger partial charge is 0.241 e. The van der Waals surface area contributed by atoms with E-state index in [9.17, 15) is 13.5 Å². The molecular weight excluding hydrogens is 318 g/mol. The van der Waals surface area contributed by atoms with Crippen molar-refractivity contribution in [3.05, 3.63) is 23.3 Å². The maximum atomic E-state index is 12.8. The van der Waals surface area contributed by atoms with Gasteiger partial charge in [-0.15, -0.1) is 0 Å². The van der Waals surface area contributed by atoms with Gasteiger partial charge in [0.2, 0.25) is 10.0 Å². The fourth-order valence-electron chi connectivity index (χ4n) is 3.37. The van der Waals surface area contributed by atoms with Gasteiger partial charge in [-0.1, -0.05) is 0 Å². The first kappa shape index (κ1) is 16.7. The van der Waals surface area contributed by atoms with Crippen molar-refractivity contribution in [1.29, 1.82) is 0 Å². The van der Waals surface area contributed by atoms with Crippen LogP contribution in [-0.4, -0.2) is 46.0 Å². The number of fused-ring (bicyclic) bond motifs is 1. The molecule has 2 aliphatic rings. The molecule has 128 valence electrons. The van der Waals surface area contributed by atoms with E-state index in [1.54, 1.807) is 19.2 Å². The molecule has 7 heteroatoms. The van der Waals surface area contributed by atoms with Gasteiger partial charge in [0.25, 0.3) is 0 Å². The standard InChI is InChI=1S/C16H23NO5S/c1-21-15-6-7-16(12-5-3-2-4-11(12)15)23(19,20)17-13-8-9-22-10-14(13)18/h6-7,13-14,17-18H,2-5,8-10H2,1H3/t13-,14-/m1/s1. The van der Waals surface area contributed by atoms with Crippen LogP contribution in [0, 0.1) is 0 Å². The number of hydrogen-bond donors (Lipinski definition) is 2. The summed E-state index contributed by atoms with van der Waals surface area (Å²) in [5.74, 6) is 0.754. The van der Waals surface area contributed by atoms with Gasteiger partial charge in [-0.25, -0.2) is 13.1 Å². The van der Waals surface area contributed by atoms with E-state index in [-0.39, 0.29) is 6.61 Å². The highest BCUT2D eigenvalue weighted by molar-refractivity contribution is 7.89. The molecule has 23 heavy (non-hydrogen) atoms. The molecule has 1 aromatic rings. The molecule has 0 radical (unpaired) electrons. The largest absolute Gasteiger partial charge is 0.496 e. The van der Waals surface area contributed by atoms with Crippen LogP contribution in [0.25, 0.3) is 0 Å². The van der Waals surface area contributed by atoms with Gasteiger partial charge in [0.1, 0.15) is 5.75 Å². The number of sulfonamides is 1. The zero-order valence-electron chi connectivity index (χ0n) is 13.2. The molecule has 6 nitrogen and oxygen atoms in total. The highest BCUT2D eigenvalue weighted by Gasteiger charge is 2.31. The molecule has 0 aromatic heterocycles. The predicted octanol–water partition coefficient (Wildman–Crippen LogP) is 1.00. The van der Waals surface area contributed by atoms with Gasteiger partial charge in [0, 0.05) is 6.61 Å². The number of nitrogens with one attached hydrogen (secondary N) is 1. The third kappa shape index (κ3) is 3.38. The second-order valence-electron chi connectivity index (χ2n) is 6.09. The SMILES string of the molecule is COc1ccc(S(=O)(=O)N[C@@H]2CCOC[C@H]2O)c2c1CCCC2. The lowest BCUT2D eigenvalue weighted by Crippen LogP contribution is -2.48. The summed E-state index contributed by atoms with van der Waals surface area (Å²) in [6, 6.07) is 2.82. The molecule has 0 saturated carbocycles. The Morgan fingerprint density at radius 1 is 1.26 bits per heavy atom. The lowest BCUT2D eigenvalue weighted by molar-refractivity contribution is -0.0222. The first-order valence-corrected chi connectivity index (χ1v) is 9.48.